The van der Waals surface area contributed by atoms with Crippen molar-refractivity contribution < 1.29 is 22.7 Å². The molecule has 32 heavy (non-hydrogen) atoms. The van der Waals surface area contributed by atoms with Crippen LogP contribution in [0.5, 0.6) is 5.75 Å². The van der Waals surface area contributed by atoms with Crippen molar-refractivity contribution in [2.45, 2.75) is 37.3 Å². The number of amides is 2. The third kappa shape index (κ3) is 4.74. The van der Waals surface area contributed by atoms with Crippen LogP contribution in [0, 0.1) is 5.92 Å². The Morgan fingerprint density at radius 3 is 2.56 bits per heavy atom. The first-order chi connectivity index (χ1) is 15.2. The summed E-state index contributed by atoms with van der Waals surface area (Å²) in [4.78, 5) is 24.4. The molecule has 2 aliphatic heterocycles. The second-order valence-electron chi connectivity index (χ2n) is 7.93. The number of carbonyl (C=O) groups excluding carboxylic acids is 2. The standard InChI is InChI=1S/C22H24ClN3O5S/c1-14-21(27)25-19-12-18(6-7-20(19)31-14)32(29,30)26-10-8-16(9-11-26)22(28)24-13-15-2-4-17(23)5-3-15/h2-7,12,14,16H,8-11,13H2,1H3,(H,24,28)(H,25,27)/t14-/m1/s1. The van der Waals surface area contributed by atoms with E-state index in [-0.39, 0.29) is 35.7 Å². The van der Waals surface area contributed by atoms with Crippen LogP contribution in [0.1, 0.15) is 25.3 Å². The summed E-state index contributed by atoms with van der Waals surface area (Å²) in [6.45, 7) is 2.52. The molecule has 0 bridgehead atoms. The van der Waals surface area contributed by atoms with Gasteiger partial charge in [-0.1, -0.05) is 23.7 Å². The van der Waals surface area contributed by atoms with E-state index in [0.29, 0.717) is 35.8 Å². The zero-order valence-corrected chi connectivity index (χ0v) is 19.1. The molecule has 0 spiro atoms. The molecule has 0 saturated carbocycles. The lowest BCUT2D eigenvalue weighted by molar-refractivity contribution is -0.126. The highest BCUT2D eigenvalue weighted by molar-refractivity contribution is 7.89. The number of fused-ring (bicyclic) bond motifs is 1. The van der Waals surface area contributed by atoms with Crippen molar-refractivity contribution in [1.29, 1.82) is 0 Å². The highest BCUT2D eigenvalue weighted by Gasteiger charge is 2.33. The van der Waals surface area contributed by atoms with Gasteiger partial charge in [-0.15, -0.1) is 0 Å². The largest absolute Gasteiger partial charge is 0.479 e. The van der Waals surface area contributed by atoms with Crippen LogP contribution in [-0.4, -0.2) is 43.7 Å². The first-order valence-corrected chi connectivity index (χ1v) is 12.2. The number of halogens is 1. The second-order valence-corrected chi connectivity index (χ2v) is 10.3. The molecule has 1 saturated heterocycles. The van der Waals surface area contributed by atoms with Gasteiger partial charge in [-0.2, -0.15) is 4.31 Å². The lowest BCUT2D eigenvalue weighted by atomic mass is 9.97. The van der Waals surface area contributed by atoms with Crippen LogP contribution in [0.3, 0.4) is 0 Å². The molecule has 2 heterocycles. The Morgan fingerprint density at radius 2 is 1.88 bits per heavy atom. The number of nitrogens with zero attached hydrogens (tertiary/aromatic N) is 1. The molecule has 2 amide bonds. The molecule has 170 valence electrons. The van der Waals surface area contributed by atoms with Crippen LogP contribution in [0.15, 0.2) is 47.4 Å². The summed E-state index contributed by atoms with van der Waals surface area (Å²) in [5.41, 5.74) is 1.28. The summed E-state index contributed by atoms with van der Waals surface area (Å²) in [6.07, 6.45) is 0.247. The van der Waals surface area contributed by atoms with Gasteiger partial charge in [-0.3, -0.25) is 9.59 Å². The van der Waals surface area contributed by atoms with Crippen LogP contribution in [-0.2, 0) is 26.2 Å². The summed E-state index contributed by atoms with van der Waals surface area (Å²) in [7, 11) is -3.75. The SMILES string of the molecule is C[C@H]1Oc2ccc(S(=O)(=O)N3CCC(C(=O)NCc4ccc(Cl)cc4)CC3)cc2NC1=O. The van der Waals surface area contributed by atoms with Gasteiger partial charge in [-0.25, -0.2) is 8.42 Å². The fourth-order valence-electron chi connectivity index (χ4n) is 3.79. The molecule has 2 aromatic rings. The highest BCUT2D eigenvalue weighted by atomic mass is 35.5. The number of rotatable bonds is 5. The summed E-state index contributed by atoms with van der Waals surface area (Å²) in [6, 6.07) is 11.7. The Balaban J connectivity index is 1.36. The minimum absolute atomic E-state index is 0.0836. The lowest BCUT2D eigenvalue weighted by Crippen LogP contribution is -2.43. The number of sulfonamides is 1. The Bertz CT molecular complexity index is 1130. The Kier molecular flexibility index (Phi) is 6.41. The number of nitrogens with one attached hydrogen (secondary N) is 2. The van der Waals surface area contributed by atoms with E-state index in [4.69, 9.17) is 16.3 Å². The molecule has 1 fully saturated rings. The predicted octanol–water partition coefficient (Wildman–Crippen LogP) is 2.78. The Morgan fingerprint density at radius 1 is 1.19 bits per heavy atom. The molecule has 0 aromatic heterocycles. The first kappa shape index (κ1) is 22.6. The molecule has 0 aliphatic carbocycles. The molecule has 1 atom stereocenters. The minimum Gasteiger partial charge on any atom is -0.479 e. The molecule has 0 radical (unpaired) electrons. The van der Waals surface area contributed by atoms with E-state index in [1.165, 1.54) is 16.4 Å². The van der Waals surface area contributed by atoms with E-state index in [1.54, 1.807) is 25.1 Å². The van der Waals surface area contributed by atoms with Crippen LogP contribution in [0.25, 0.3) is 0 Å². The van der Waals surface area contributed by atoms with Gasteiger partial charge in [0.15, 0.2) is 6.10 Å². The maximum atomic E-state index is 13.1. The van der Waals surface area contributed by atoms with E-state index < -0.39 is 16.1 Å². The van der Waals surface area contributed by atoms with Crippen molar-refractivity contribution in [3.05, 3.63) is 53.1 Å². The van der Waals surface area contributed by atoms with E-state index in [0.717, 1.165) is 5.56 Å². The van der Waals surface area contributed by atoms with Gasteiger partial charge >= 0.3 is 0 Å². The number of piperidine rings is 1. The number of anilines is 1. The van der Waals surface area contributed by atoms with Gasteiger partial charge in [0.25, 0.3) is 5.91 Å². The number of carbonyl (C=O) groups is 2. The van der Waals surface area contributed by atoms with Gasteiger partial charge in [0.1, 0.15) is 5.75 Å². The molecule has 0 unspecified atom stereocenters. The molecule has 8 nitrogen and oxygen atoms in total. The van der Waals surface area contributed by atoms with Crippen molar-refractivity contribution in [3.63, 3.8) is 0 Å². The van der Waals surface area contributed by atoms with Crippen molar-refractivity contribution in [3.8, 4) is 5.75 Å². The molecular weight excluding hydrogens is 454 g/mol. The minimum atomic E-state index is -3.75. The van der Waals surface area contributed by atoms with E-state index in [9.17, 15) is 18.0 Å². The third-order valence-corrected chi connectivity index (χ3v) is 7.87. The van der Waals surface area contributed by atoms with Crippen LogP contribution < -0.4 is 15.4 Å². The van der Waals surface area contributed by atoms with Crippen molar-refractivity contribution >= 4 is 39.1 Å². The Labute approximate surface area is 191 Å². The monoisotopic (exact) mass is 477 g/mol. The maximum Gasteiger partial charge on any atom is 0.265 e. The summed E-state index contributed by atoms with van der Waals surface area (Å²) in [5.74, 6) is -0.212. The molecular formula is C22H24ClN3O5S. The van der Waals surface area contributed by atoms with Gasteiger partial charge in [0.2, 0.25) is 15.9 Å². The number of hydrogen-bond acceptors (Lipinski definition) is 5. The van der Waals surface area contributed by atoms with Gasteiger partial charge < -0.3 is 15.4 Å². The zero-order chi connectivity index (χ0) is 22.9. The average molecular weight is 478 g/mol. The van der Waals surface area contributed by atoms with E-state index >= 15 is 0 Å². The highest BCUT2D eigenvalue weighted by Crippen LogP contribution is 2.33. The summed E-state index contributed by atoms with van der Waals surface area (Å²) in [5, 5.41) is 6.22. The zero-order valence-electron chi connectivity index (χ0n) is 17.5. The fourth-order valence-corrected chi connectivity index (χ4v) is 5.41. The maximum absolute atomic E-state index is 13.1. The Hall–Kier alpha value is -2.62. The van der Waals surface area contributed by atoms with E-state index in [2.05, 4.69) is 10.6 Å². The van der Waals surface area contributed by atoms with E-state index in [1.807, 2.05) is 12.1 Å². The van der Waals surface area contributed by atoms with Gasteiger partial charge in [0, 0.05) is 30.6 Å². The van der Waals surface area contributed by atoms with Crippen molar-refractivity contribution in [2.24, 2.45) is 5.92 Å². The normalized spacial score (nSPS) is 19.6. The molecule has 2 N–H and O–H groups in total. The fraction of sp³-hybridized carbons (Fsp3) is 0.364. The first-order valence-electron chi connectivity index (χ1n) is 10.4. The predicted molar refractivity (Wildman–Crippen MR) is 120 cm³/mol. The number of hydrogen-bond donors (Lipinski definition) is 2. The second kappa shape index (κ2) is 9.09. The lowest BCUT2D eigenvalue weighted by Gasteiger charge is -2.31. The summed E-state index contributed by atoms with van der Waals surface area (Å²) < 4.78 is 33.1. The molecule has 2 aliphatic rings. The third-order valence-electron chi connectivity index (χ3n) is 5.72. The smallest absolute Gasteiger partial charge is 0.265 e. The molecule has 4 rings (SSSR count). The van der Waals surface area contributed by atoms with Crippen LogP contribution >= 0.6 is 11.6 Å². The quantitative estimate of drug-likeness (QED) is 0.689. The van der Waals surface area contributed by atoms with Crippen molar-refractivity contribution in [1.82, 2.24) is 9.62 Å². The number of benzene rings is 2. The van der Waals surface area contributed by atoms with Crippen LogP contribution in [0.4, 0.5) is 5.69 Å². The number of ether oxygens (including phenoxy) is 1. The molecule has 2 aromatic carbocycles. The summed E-state index contributed by atoms with van der Waals surface area (Å²) >= 11 is 5.87. The van der Waals surface area contributed by atoms with Gasteiger partial charge in [0.05, 0.1) is 10.6 Å². The van der Waals surface area contributed by atoms with Gasteiger partial charge in [-0.05, 0) is 55.7 Å². The van der Waals surface area contributed by atoms with Crippen LogP contribution in [0.2, 0.25) is 5.02 Å². The molecule has 10 heteroatoms. The topological polar surface area (TPSA) is 105 Å². The van der Waals surface area contributed by atoms with Crippen molar-refractivity contribution in [2.75, 3.05) is 18.4 Å². The average Bonchev–Trinajstić information content (AvgIpc) is 2.79.